The fraction of sp³-hybridized carbons (Fsp3) is 0.261. The number of carbonyl (C=O) groups is 3. The van der Waals surface area contributed by atoms with Crippen molar-refractivity contribution in [2.24, 2.45) is 0 Å². The van der Waals surface area contributed by atoms with E-state index in [1.807, 2.05) is 6.07 Å². The molecule has 3 heterocycles. The van der Waals surface area contributed by atoms with Gasteiger partial charge in [-0.15, -0.1) is 0 Å². The van der Waals surface area contributed by atoms with Gasteiger partial charge in [-0.05, 0) is 72.5 Å². The molecule has 6 rings (SSSR count). The predicted molar refractivity (Wildman–Crippen MR) is 139 cm³/mol. The second-order valence-corrected chi connectivity index (χ2v) is 9.98. The fourth-order valence-electron chi connectivity index (χ4n) is 3.64. The monoisotopic (exact) mass is 600 g/mol. The summed E-state index contributed by atoms with van der Waals surface area (Å²) in [5.74, 6) is 1.06. The Hall–Kier alpha value is -3.88. The van der Waals surface area contributed by atoms with Gasteiger partial charge in [0.15, 0.2) is 5.65 Å². The number of anilines is 2. The summed E-state index contributed by atoms with van der Waals surface area (Å²) in [6.07, 6.45) is 7.26. The van der Waals surface area contributed by atoms with E-state index in [4.69, 9.17) is 4.74 Å². The van der Waals surface area contributed by atoms with Gasteiger partial charge in [0, 0.05) is 27.3 Å². The lowest BCUT2D eigenvalue weighted by molar-refractivity contribution is -0.115. The van der Waals surface area contributed by atoms with Crippen molar-refractivity contribution < 1.29 is 19.1 Å². The Morgan fingerprint density at radius 2 is 1.94 bits per heavy atom. The third-order valence-electron chi connectivity index (χ3n) is 5.75. The van der Waals surface area contributed by atoms with Crippen LogP contribution in [0.3, 0.4) is 0 Å². The first-order chi connectivity index (χ1) is 17.4. The predicted octanol–water partition coefficient (Wildman–Crippen LogP) is 3.16. The number of aromatic nitrogens is 3. The molecule has 2 saturated carbocycles. The molecule has 2 aromatic heterocycles. The molecule has 3 fully saturated rings. The first kappa shape index (κ1) is 22.6. The van der Waals surface area contributed by atoms with Crippen molar-refractivity contribution in [2.45, 2.75) is 37.8 Å². The Balaban J connectivity index is 1.28. The third-order valence-corrected chi connectivity index (χ3v) is 6.64. The van der Waals surface area contributed by atoms with Gasteiger partial charge in [-0.3, -0.25) is 10.1 Å². The van der Waals surface area contributed by atoms with Crippen molar-refractivity contribution in [1.82, 2.24) is 30.5 Å². The highest BCUT2D eigenvalue weighted by molar-refractivity contribution is 14.1. The van der Waals surface area contributed by atoms with Crippen molar-refractivity contribution in [3.63, 3.8) is 0 Å². The summed E-state index contributed by atoms with van der Waals surface area (Å²) >= 11 is 2.14. The zero-order valence-electron chi connectivity index (χ0n) is 18.8. The molecule has 13 heteroatoms. The Bertz CT molecular complexity index is 1440. The molecule has 0 unspecified atom stereocenters. The van der Waals surface area contributed by atoms with Crippen molar-refractivity contribution >= 4 is 63.8 Å². The molecule has 3 aromatic rings. The van der Waals surface area contributed by atoms with Crippen molar-refractivity contribution in [1.29, 1.82) is 0 Å². The summed E-state index contributed by atoms with van der Waals surface area (Å²) in [7, 11) is 0. The lowest BCUT2D eigenvalue weighted by atomic mass is 10.2. The van der Waals surface area contributed by atoms with E-state index in [0.717, 1.165) is 29.3 Å². The normalized spacial score (nSPS) is 18.2. The number of amides is 5. The maximum Gasteiger partial charge on any atom is 0.326 e. The highest BCUT2D eigenvalue weighted by atomic mass is 127. The fourth-order valence-corrected chi connectivity index (χ4v) is 4.26. The standard InChI is InChI=1S/C23H21IN8O4/c24-15-8-14(5-6-16(15)28-22(34)27-13-3-4-13)36-19-9-18(26-12-1-2-12)32-20(30-19)11(10-25-32)7-17-21(33)31-23(35)29-17/h5-10,12-13,26H,1-4H2,(H2,27,28,34)(H2,29,31,33,35)/b17-7-. The van der Waals surface area contributed by atoms with E-state index in [1.165, 1.54) is 6.08 Å². The third kappa shape index (κ3) is 4.91. The van der Waals surface area contributed by atoms with Gasteiger partial charge in [-0.1, -0.05) is 0 Å². The average molecular weight is 600 g/mol. The quantitative estimate of drug-likeness (QED) is 0.159. The minimum absolute atomic E-state index is 0.114. The van der Waals surface area contributed by atoms with Gasteiger partial charge in [0.05, 0.1) is 11.9 Å². The smallest absolute Gasteiger partial charge is 0.326 e. The Kier molecular flexibility index (Phi) is 5.62. The first-order valence-corrected chi connectivity index (χ1v) is 12.5. The summed E-state index contributed by atoms with van der Waals surface area (Å²) in [4.78, 5) is 40.1. The molecule has 184 valence electrons. The molecule has 2 aliphatic carbocycles. The molecule has 0 spiro atoms. The summed E-state index contributed by atoms with van der Waals surface area (Å²) in [5, 5.41) is 18.2. The van der Waals surface area contributed by atoms with Crippen molar-refractivity contribution in [3.8, 4) is 11.6 Å². The molecular formula is C23H21IN8O4. The first-order valence-electron chi connectivity index (χ1n) is 11.5. The highest BCUT2D eigenvalue weighted by Crippen LogP contribution is 2.31. The lowest BCUT2D eigenvalue weighted by Crippen LogP contribution is -2.30. The van der Waals surface area contributed by atoms with Gasteiger partial charge >= 0.3 is 12.1 Å². The van der Waals surface area contributed by atoms with E-state index in [9.17, 15) is 14.4 Å². The number of halogens is 1. The second-order valence-electron chi connectivity index (χ2n) is 8.82. The van der Waals surface area contributed by atoms with E-state index < -0.39 is 11.9 Å². The summed E-state index contributed by atoms with van der Waals surface area (Å²) in [6.45, 7) is 0. The van der Waals surface area contributed by atoms with Crippen LogP contribution in [-0.4, -0.2) is 44.7 Å². The van der Waals surface area contributed by atoms with Crippen LogP contribution in [0.4, 0.5) is 21.1 Å². The van der Waals surface area contributed by atoms with Crippen LogP contribution in [0, 0.1) is 3.57 Å². The van der Waals surface area contributed by atoms with Gasteiger partial charge in [0.1, 0.15) is 17.3 Å². The topological polar surface area (TPSA) is 151 Å². The maximum absolute atomic E-state index is 12.1. The van der Waals surface area contributed by atoms with Crippen LogP contribution >= 0.6 is 22.6 Å². The number of carbonyl (C=O) groups excluding carboxylic acids is 3. The SMILES string of the molecule is O=C1NC(=O)/C(=C/c2cnn3c(NC4CC4)cc(Oc4ccc(NC(=O)NC5CC5)c(I)c4)nc23)N1. The van der Waals surface area contributed by atoms with Crippen LogP contribution in [0.15, 0.2) is 36.2 Å². The molecule has 1 aromatic carbocycles. The Morgan fingerprint density at radius 3 is 2.64 bits per heavy atom. The number of nitrogens with one attached hydrogen (secondary N) is 5. The van der Waals surface area contributed by atoms with Gasteiger partial charge in [-0.25, -0.2) is 9.59 Å². The van der Waals surface area contributed by atoms with Gasteiger partial charge in [0.25, 0.3) is 5.91 Å². The molecule has 1 saturated heterocycles. The van der Waals surface area contributed by atoms with E-state index in [2.05, 4.69) is 59.3 Å². The number of nitrogens with zero attached hydrogens (tertiary/aromatic N) is 3. The minimum Gasteiger partial charge on any atom is -0.439 e. The molecule has 36 heavy (non-hydrogen) atoms. The number of hydrogen-bond acceptors (Lipinski definition) is 7. The van der Waals surface area contributed by atoms with Crippen LogP contribution in [0.2, 0.25) is 0 Å². The number of benzene rings is 1. The van der Waals surface area contributed by atoms with Crippen LogP contribution < -0.4 is 31.3 Å². The zero-order valence-corrected chi connectivity index (χ0v) is 21.0. The number of ether oxygens (including phenoxy) is 1. The van der Waals surface area contributed by atoms with Crippen molar-refractivity contribution in [2.75, 3.05) is 10.6 Å². The molecule has 12 nitrogen and oxygen atoms in total. The highest BCUT2D eigenvalue weighted by Gasteiger charge is 2.26. The van der Waals surface area contributed by atoms with Gasteiger partial charge < -0.3 is 26.0 Å². The number of hydrogen-bond donors (Lipinski definition) is 5. The van der Waals surface area contributed by atoms with Crippen molar-refractivity contribution in [3.05, 3.63) is 45.3 Å². The van der Waals surface area contributed by atoms with Gasteiger partial charge in [-0.2, -0.15) is 14.6 Å². The number of fused-ring (bicyclic) bond motifs is 1. The minimum atomic E-state index is -0.576. The Morgan fingerprint density at radius 1 is 1.14 bits per heavy atom. The molecular weight excluding hydrogens is 579 g/mol. The number of rotatable bonds is 7. The molecule has 0 radical (unpaired) electrons. The van der Waals surface area contributed by atoms with E-state index in [1.54, 1.807) is 28.9 Å². The molecule has 3 aliphatic rings. The Labute approximate surface area is 218 Å². The second kappa shape index (κ2) is 8.96. The molecule has 1 aliphatic heterocycles. The van der Waals surface area contributed by atoms with Gasteiger partial charge in [0.2, 0.25) is 5.88 Å². The van der Waals surface area contributed by atoms with E-state index >= 15 is 0 Å². The van der Waals surface area contributed by atoms with E-state index in [-0.39, 0.29) is 17.8 Å². The van der Waals surface area contributed by atoms with Crippen LogP contribution in [0.1, 0.15) is 31.2 Å². The lowest BCUT2D eigenvalue weighted by Gasteiger charge is -2.13. The zero-order chi connectivity index (χ0) is 24.8. The molecule has 5 N–H and O–H groups in total. The van der Waals surface area contributed by atoms with E-state index in [0.29, 0.717) is 40.4 Å². The largest absolute Gasteiger partial charge is 0.439 e. The average Bonchev–Trinajstić information content (AvgIpc) is 3.75. The molecule has 5 amide bonds. The van der Waals surface area contributed by atoms with Crippen LogP contribution in [0.5, 0.6) is 11.6 Å². The number of imide groups is 1. The summed E-state index contributed by atoms with van der Waals surface area (Å²) in [5.41, 5.74) is 1.80. The maximum atomic E-state index is 12.1. The summed E-state index contributed by atoms with van der Waals surface area (Å²) < 4.78 is 8.53. The molecule has 0 bridgehead atoms. The summed E-state index contributed by atoms with van der Waals surface area (Å²) in [6, 6.07) is 6.94. The van der Waals surface area contributed by atoms with Crippen LogP contribution in [0.25, 0.3) is 11.7 Å². The van der Waals surface area contributed by atoms with Crippen LogP contribution in [-0.2, 0) is 4.79 Å². The molecule has 0 atom stereocenters. The number of urea groups is 2.